The lowest BCUT2D eigenvalue weighted by Gasteiger charge is -2.31. The van der Waals surface area contributed by atoms with Crippen LogP contribution in [0.5, 0.6) is 0 Å². The van der Waals surface area contributed by atoms with Gasteiger partial charge in [-0.2, -0.15) is 11.8 Å². The quantitative estimate of drug-likeness (QED) is 0.681. The zero-order valence-electron chi connectivity index (χ0n) is 10.1. The van der Waals surface area contributed by atoms with Crippen molar-refractivity contribution in [3.05, 3.63) is 0 Å². The molecular weight excluding hydrogens is 206 g/mol. The molecule has 15 heavy (non-hydrogen) atoms. The first-order valence-electron chi connectivity index (χ1n) is 6.25. The molecule has 90 valence electrons. The molecule has 0 aromatic carbocycles. The summed E-state index contributed by atoms with van der Waals surface area (Å²) in [6.45, 7) is 3.15. The van der Waals surface area contributed by atoms with Gasteiger partial charge in [0.15, 0.2) is 0 Å². The smallest absolute Gasteiger partial charge is 0.0727 e. The minimum absolute atomic E-state index is 0.468. The maximum Gasteiger partial charge on any atom is 0.0727 e. The third-order valence-corrected chi connectivity index (χ3v) is 4.03. The van der Waals surface area contributed by atoms with Gasteiger partial charge in [0.2, 0.25) is 0 Å². The lowest BCUT2D eigenvalue weighted by molar-refractivity contribution is 0.00788. The van der Waals surface area contributed by atoms with E-state index in [1.165, 1.54) is 43.6 Å². The zero-order chi connectivity index (χ0) is 10.9. The number of hydrogen-bond acceptors (Lipinski definition) is 3. The van der Waals surface area contributed by atoms with Gasteiger partial charge in [0, 0.05) is 12.6 Å². The Kier molecular flexibility index (Phi) is 7.49. The third kappa shape index (κ3) is 5.23. The standard InChI is InChI=1S/C12H25NOS/c1-3-15-10-6-9-14-12-8-5-4-7-11(12)13-2/h11-13H,3-10H2,1-2H3. The molecule has 1 aliphatic carbocycles. The van der Waals surface area contributed by atoms with Crippen LogP contribution in [0, 0.1) is 0 Å². The van der Waals surface area contributed by atoms with E-state index < -0.39 is 0 Å². The molecule has 1 aliphatic rings. The van der Waals surface area contributed by atoms with Gasteiger partial charge in [-0.25, -0.2) is 0 Å². The Morgan fingerprint density at radius 3 is 2.87 bits per heavy atom. The van der Waals surface area contributed by atoms with E-state index in [1.807, 2.05) is 11.8 Å². The molecule has 0 aromatic heterocycles. The number of rotatable bonds is 7. The molecule has 0 heterocycles. The second-order valence-corrected chi connectivity index (χ2v) is 5.53. The third-order valence-electron chi connectivity index (χ3n) is 3.04. The average Bonchev–Trinajstić information content (AvgIpc) is 2.29. The zero-order valence-corrected chi connectivity index (χ0v) is 10.9. The van der Waals surface area contributed by atoms with Gasteiger partial charge >= 0.3 is 0 Å². The van der Waals surface area contributed by atoms with E-state index >= 15 is 0 Å². The van der Waals surface area contributed by atoms with Crippen LogP contribution >= 0.6 is 11.8 Å². The second-order valence-electron chi connectivity index (χ2n) is 4.14. The number of hydrogen-bond donors (Lipinski definition) is 1. The van der Waals surface area contributed by atoms with Crippen molar-refractivity contribution in [2.45, 2.75) is 51.2 Å². The van der Waals surface area contributed by atoms with Crippen molar-refractivity contribution in [1.82, 2.24) is 5.32 Å². The first-order chi connectivity index (χ1) is 7.38. The van der Waals surface area contributed by atoms with Crippen molar-refractivity contribution in [1.29, 1.82) is 0 Å². The Morgan fingerprint density at radius 2 is 2.13 bits per heavy atom. The molecule has 0 saturated heterocycles. The highest BCUT2D eigenvalue weighted by molar-refractivity contribution is 7.99. The summed E-state index contributed by atoms with van der Waals surface area (Å²) in [6, 6.07) is 0.595. The van der Waals surface area contributed by atoms with E-state index in [1.54, 1.807) is 0 Å². The second kappa shape index (κ2) is 8.43. The molecule has 1 rings (SSSR count). The van der Waals surface area contributed by atoms with Crippen molar-refractivity contribution in [2.24, 2.45) is 0 Å². The van der Waals surface area contributed by atoms with Gasteiger partial charge in [-0.1, -0.05) is 19.8 Å². The van der Waals surface area contributed by atoms with Gasteiger partial charge < -0.3 is 10.1 Å². The largest absolute Gasteiger partial charge is 0.377 e. The normalized spacial score (nSPS) is 26.8. The van der Waals surface area contributed by atoms with E-state index in [2.05, 4.69) is 19.3 Å². The first kappa shape index (κ1) is 13.3. The summed E-state index contributed by atoms with van der Waals surface area (Å²) < 4.78 is 5.96. The minimum atomic E-state index is 0.468. The van der Waals surface area contributed by atoms with E-state index in [0.717, 1.165) is 6.61 Å². The number of thioether (sulfide) groups is 1. The molecule has 3 heteroatoms. The van der Waals surface area contributed by atoms with Crippen molar-refractivity contribution >= 4 is 11.8 Å². The predicted octanol–water partition coefficient (Wildman–Crippen LogP) is 2.68. The van der Waals surface area contributed by atoms with E-state index in [9.17, 15) is 0 Å². The van der Waals surface area contributed by atoms with Crippen LogP contribution in [0.2, 0.25) is 0 Å². The van der Waals surface area contributed by atoms with Gasteiger partial charge in [0.1, 0.15) is 0 Å². The van der Waals surface area contributed by atoms with Gasteiger partial charge in [-0.3, -0.25) is 0 Å². The van der Waals surface area contributed by atoms with Crippen LogP contribution in [0.15, 0.2) is 0 Å². The van der Waals surface area contributed by atoms with E-state index in [4.69, 9.17) is 4.74 Å². The average molecular weight is 231 g/mol. The summed E-state index contributed by atoms with van der Waals surface area (Å²) in [5.74, 6) is 2.47. The fourth-order valence-electron chi connectivity index (χ4n) is 2.17. The summed E-state index contributed by atoms with van der Waals surface area (Å²) in [4.78, 5) is 0. The van der Waals surface area contributed by atoms with Gasteiger partial charge in [0.25, 0.3) is 0 Å². The summed E-state index contributed by atoms with van der Waals surface area (Å²) in [5, 5.41) is 3.38. The molecule has 1 saturated carbocycles. The molecule has 2 nitrogen and oxygen atoms in total. The van der Waals surface area contributed by atoms with Gasteiger partial charge in [0.05, 0.1) is 6.10 Å². The van der Waals surface area contributed by atoms with Crippen LogP contribution in [0.1, 0.15) is 39.0 Å². The summed E-state index contributed by atoms with van der Waals surface area (Å²) in [7, 11) is 2.05. The molecule has 1 fully saturated rings. The van der Waals surface area contributed by atoms with Crippen LogP contribution in [0.25, 0.3) is 0 Å². The molecule has 0 aromatic rings. The van der Waals surface area contributed by atoms with Crippen LogP contribution in [-0.4, -0.2) is 37.3 Å². The Morgan fingerprint density at radius 1 is 1.33 bits per heavy atom. The Labute approximate surface area is 98.5 Å². The maximum absolute atomic E-state index is 5.96. The minimum Gasteiger partial charge on any atom is -0.377 e. The lowest BCUT2D eigenvalue weighted by atomic mass is 9.92. The predicted molar refractivity (Wildman–Crippen MR) is 68.7 cm³/mol. The summed E-state index contributed by atoms with van der Waals surface area (Å²) >= 11 is 2.01. The Bertz CT molecular complexity index is 155. The van der Waals surface area contributed by atoms with E-state index in [0.29, 0.717) is 12.1 Å². The van der Waals surface area contributed by atoms with Crippen molar-refractivity contribution in [3.8, 4) is 0 Å². The molecule has 0 radical (unpaired) electrons. The molecule has 0 aliphatic heterocycles. The highest BCUT2D eigenvalue weighted by Gasteiger charge is 2.23. The van der Waals surface area contributed by atoms with Crippen molar-refractivity contribution in [3.63, 3.8) is 0 Å². The highest BCUT2D eigenvalue weighted by Crippen LogP contribution is 2.21. The molecular formula is C12H25NOS. The molecule has 0 spiro atoms. The molecule has 1 N–H and O–H groups in total. The Hall–Kier alpha value is 0.270. The van der Waals surface area contributed by atoms with Crippen molar-refractivity contribution < 1.29 is 4.74 Å². The summed E-state index contributed by atoms with van der Waals surface area (Å²) in [6.07, 6.45) is 6.89. The fraction of sp³-hybridized carbons (Fsp3) is 1.00. The monoisotopic (exact) mass is 231 g/mol. The van der Waals surface area contributed by atoms with Crippen molar-refractivity contribution in [2.75, 3.05) is 25.2 Å². The molecule has 2 unspecified atom stereocenters. The first-order valence-corrected chi connectivity index (χ1v) is 7.40. The lowest BCUT2D eigenvalue weighted by Crippen LogP contribution is -2.41. The number of nitrogens with one attached hydrogen (secondary N) is 1. The van der Waals surface area contributed by atoms with Crippen LogP contribution in [-0.2, 0) is 4.74 Å². The number of likely N-dealkylation sites (N-methyl/N-ethyl adjacent to an activating group) is 1. The fourth-order valence-corrected chi connectivity index (χ4v) is 2.78. The molecule has 0 bridgehead atoms. The van der Waals surface area contributed by atoms with Gasteiger partial charge in [-0.15, -0.1) is 0 Å². The topological polar surface area (TPSA) is 21.3 Å². The molecule has 2 atom stereocenters. The van der Waals surface area contributed by atoms with Gasteiger partial charge in [-0.05, 0) is 37.8 Å². The van der Waals surface area contributed by atoms with Crippen LogP contribution in [0.4, 0.5) is 0 Å². The maximum atomic E-state index is 5.96. The van der Waals surface area contributed by atoms with E-state index in [-0.39, 0.29) is 0 Å². The van der Waals surface area contributed by atoms with Crippen LogP contribution in [0.3, 0.4) is 0 Å². The number of ether oxygens (including phenoxy) is 1. The summed E-state index contributed by atoms with van der Waals surface area (Å²) in [5.41, 5.74) is 0. The molecule has 0 amide bonds. The SMILES string of the molecule is CCSCCCOC1CCCCC1NC. The Balaban J connectivity index is 2.07. The highest BCUT2D eigenvalue weighted by atomic mass is 32.2. The van der Waals surface area contributed by atoms with Crippen LogP contribution < -0.4 is 5.32 Å².